The molecule has 2 aromatic carbocycles. The summed E-state index contributed by atoms with van der Waals surface area (Å²) in [5.74, 6) is 2.01. The Morgan fingerprint density at radius 3 is 2.64 bits per heavy atom. The van der Waals surface area contributed by atoms with Crippen molar-refractivity contribution in [2.24, 2.45) is 34.5 Å². The zero-order valence-corrected chi connectivity index (χ0v) is 26.9. The highest BCUT2D eigenvalue weighted by atomic mass is 16.5. The van der Waals surface area contributed by atoms with Gasteiger partial charge in [-0.3, -0.25) is 9.59 Å². The molecule has 3 fully saturated rings. The van der Waals surface area contributed by atoms with E-state index < -0.39 is 5.60 Å². The molecule has 5 aliphatic carbocycles. The van der Waals surface area contributed by atoms with E-state index in [2.05, 4.69) is 31.2 Å². The first-order chi connectivity index (χ1) is 21.6. The second-order valence-electron chi connectivity index (χ2n) is 15.3. The molecule has 7 atom stereocenters. The number of aliphatic hydroxyl groups is 1. The number of ether oxygens (including phenoxy) is 1. The lowest BCUT2D eigenvalue weighted by atomic mass is 9.39. The van der Waals surface area contributed by atoms with Crippen molar-refractivity contribution in [2.75, 3.05) is 6.61 Å². The molecule has 0 amide bonds. The van der Waals surface area contributed by atoms with Crippen LogP contribution in [0.3, 0.4) is 0 Å². The van der Waals surface area contributed by atoms with Crippen molar-refractivity contribution in [1.29, 1.82) is 5.26 Å². The highest BCUT2D eigenvalue weighted by Gasteiger charge is 2.67. The van der Waals surface area contributed by atoms with Gasteiger partial charge in [0.15, 0.2) is 5.78 Å². The van der Waals surface area contributed by atoms with Crippen molar-refractivity contribution in [3.05, 3.63) is 83.0 Å². The number of carbonyl (C=O) groups is 2. The molecule has 0 aromatic heterocycles. The van der Waals surface area contributed by atoms with Gasteiger partial charge in [-0.25, -0.2) is 0 Å². The lowest BCUT2D eigenvalue weighted by molar-refractivity contribution is -0.143. The van der Waals surface area contributed by atoms with E-state index in [-0.39, 0.29) is 35.1 Å². The summed E-state index contributed by atoms with van der Waals surface area (Å²) in [7, 11) is 0. The van der Waals surface area contributed by atoms with E-state index in [0.717, 1.165) is 56.1 Å². The van der Waals surface area contributed by atoms with Crippen molar-refractivity contribution in [3.8, 4) is 17.2 Å². The predicted octanol–water partition coefficient (Wildman–Crippen LogP) is 7.86. The Morgan fingerprint density at radius 2 is 1.89 bits per heavy atom. The second-order valence-corrected chi connectivity index (χ2v) is 15.3. The minimum absolute atomic E-state index is 0.000271. The molecule has 45 heavy (non-hydrogen) atoms. The van der Waals surface area contributed by atoms with Crippen LogP contribution in [0.2, 0.25) is 0 Å². The topological polar surface area (TPSA) is 87.4 Å². The maximum atomic E-state index is 12.7. The summed E-state index contributed by atoms with van der Waals surface area (Å²) in [5.41, 5.74) is 5.81. The van der Waals surface area contributed by atoms with Crippen molar-refractivity contribution < 1.29 is 19.4 Å². The molecular formula is C40H45NO4. The number of hydrogen-bond donors (Lipinski definition) is 1. The van der Waals surface area contributed by atoms with Gasteiger partial charge in [0.1, 0.15) is 6.61 Å². The van der Waals surface area contributed by atoms with E-state index in [4.69, 9.17) is 4.74 Å². The van der Waals surface area contributed by atoms with Crippen LogP contribution < -0.4 is 0 Å². The van der Waals surface area contributed by atoms with Gasteiger partial charge < -0.3 is 9.84 Å². The standard InChI is InChI=1S/C40H45NO4/c1-25(2)19-36(43)45-18-4-15-40(44)17-14-35-33-12-10-30-21-31(42)13-16-39(30)22-29-20-28(27-7-5-26(24-41)6-8-27)9-11-32(29)34(37(33)39)23-38(35,40)3/h4-9,11,15,20-21,25,33-35,37,44H,10,12-14,16-19,22-23H2,1-3H3/b15-4-/t33-,34+,35-,37+,38-,39?,40-/m0/s1. The van der Waals surface area contributed by atoms with Crippen LogP contribution in [0.15, 0.2) is 66.3 Å². The molecule has 5 nitrogen and oxygen atoms in total. The lowest BCUT2D eigenvalue weighted by Crippen LogP contribution is -2.59. The van der Waals surface area contributed by atoms with Gasteiger partial charge in [0.2, 0.25) is 0 Å². The van der Waals surface area contributed by atoms with Crippen molar-refractivity contribution >= 4 is 11.8 Å². The molecule has 234 valence electrons. The Morgan fingerprint density at radius 1 is 1.11 bits per heavy atom. The molecule has 3 saturated carbocycles. The molecule has 0 aliphatic heterocycles. The third-order valence-electron chi connectivity index (χ3n) is 12.6. The van der Waals surface area contributed by atoms with Gasteiger partial charge in [0.25, 0.3) is 0 Å². The van der Waals surface area contributed by atoms with E-state index in [1.165, 1.54) is 16.7 Å². The first-order valence-electron chi connectivity index (χ1n) is 17.0. The van der Waals surface area contributed by atoms with Crippen LogP contribution >= 0.6 is 0 Å². The summed E-state index contributed by atoms with van der Waals surface area (Å²) < 4.78 is 5.47. The maximum Gasteiger partial charge on any atom is 0.306 e. The number of rotatable bonds is 6. The Balaban J connectivity index is 1.26. The number of fused-ring (bicyclic) bond motifs is 4. The van der Waals surface area contributed by atoms with Crippen LogP contribution in [0.25, 0.3) is 11.1 Å². The Labute approximate surface area is 267 Å². The van der Waals surface area contributed by atoms with E-state index in [1.54, 1.807) is 0 Å². The summed E-state index contributed by atoms with van der Waals surface area (Å²) in [4.78, 5) is 24.9. The number of nitrogens with zero attached hydrogens (tertiary/aromatic N) is 1. The summed E-state index contributed by atoms with van der Waals surface area (Å²) >= 11 is 0. The highest BCUT2D eigenvalue weighted by molar-refractivity contribution is 5.91. The molecular weight excluding hydrogens is 558 g/mol. The number of benzene rings is 2. The van der Waals surface area contributed by atoms with Gasteiger partial charge in [0, 0.05) is 18.3 Å². The Hall–Kier alpha value is -3.49. The number of allylic oxidation sites excluding steroid dienone is 1. The van der Waals surface area contributed by atoms with E-state index >= 15 is 0 Å². The summed E-state index contributed by atoms with van der Waals surface area (Å²) in [5, 5.41) is 21.7. The highest BCUT2D eigenvalue weighted by Crippen LogP contribution is 2.73. The molecule has 7 rings (SSSR count). The minimum atomic E-state index is -0.959. The second kappa shape index (κ2) is 11.1. The number of ketones is 1. The van der Waals surface area contributed by atoms with Crippen LogP contribution in [0.4, 0.5) is 0 Å². The van der Waals surface area contributed by atoms with Crippen LogP contribution in [0.1, 0.15) is 94.7 Å². The Bertz CT molecular complexity index is 1630. The van der Waals surface area contributed by atoms with E-state index in [0.29, 0.717) is 42.1 Å². The molecule has 0 heterocycles. The molecule has 0 radical (unpaired) electrons. The lowest BCUT2D eigenvalue weighted by Gasteiger charge is -2.65. The number of hydrogen-bond acceptors (Lipinski definition) is 5. The van der Waals surface area contributed by atoms with Gasteiger partial charge in [-0.15, -0.1) is 0 Å². The average molecular weight is 604 g/mol. The first kappa shape index (κ1) is 30.2. The number of nitriles is 1. The van der Waals surface area contributed by atoms with Crippen LogP contribution in [-0.4, -0.2) is 29.1 Å². The SMILES string of the molecule is CC(C)CC(=O)OC/C=C\[C@]1(O)CC[C@H]2[C@@H]3CCC4=CC(=O)CCC45Cc4cc(-c6ccc(C#N)cc6)ccc4[C@@H](C[C@@]21C)[C@@H]35. The van der Waals surface area contributed by atoms with Crippen LogP contribution in [0, 0.1) is 45.8 Å². The zero-order chi connectivity index (χ0) is 31.6. The van der Waals surface area contributed by atoms with Crippen LogP contribution in [0.5, 0.6) is 0 Å². The van der Waals surface area contributed by atoms with Crippen molar-refractivity contribution in [1.82, 2.24) is 0 Å². The monoisotopic (exact) mass is 603 g/mol. The van der Waals surface area contributed by atoms with Gasteiger partial charge in [0.05, 0.1) is 17.2 Å². The third kappa shape index (κ3) is 4.83. The van der Waals surface area contributed by atoms with Gasteiger partial charge >= 0.3 is 5.97 Å². The van der Waals surface area contributed by atoms with Crippen molar-refractivity contribution in [2.45, 2.75) is 90.1 Å². The van der Waals surface area contributed by atoms with Crippen molar-refractivity contribution in [3.63, 3.8) is 0 Å². The molecule has 0 saturated heterocycles. The van der Waals surface area contributed by atoms with Gasteiger partial charge in [-0.05, 0) is 126 Å². The summed E-state index contributed by atoms with van der Waals surface area (Å²) in [6.45, 7) is 6.52. The third-order valence-corrected chi connectivity index (χ3v) is 12.6. The fraction of sp³-hybridized carbons (Fsp3) is 0.525. The van der Waals surface area contributed by atoms with Gasteiger partial charge in [-0.2, -0.15) is 5.26 Å². The fourth-order valence-electron chi connectivity index (χ4n) is 10.6. The smallest absolute Gasteiger partial charge is 0.306 e. The summed E-state index contributed by atoms with van der Waals surface area (Å²) in [6.07, 6.45) is 13.4. The maximum absolute atomic E-state index is 12.7. The molecule has 1 spiro atoms. The molecule has 5 aliphatic rings. The minimum Gasteiger partial charge on any atom is -0.461 e. The zero-order valence-electron chi connectivity index (χ0n) is 26.9. The number of carbonyl (C=O) groups excluding carboxylic acids is 2. The fourth-order valence-corrected chi connectivity index (χ4v) is 10.6. The molecule has 1 N–H and O–H groups in total. The molecule has 1 unspecified atom stereocenters. The van der Waals surface area contributed by atoms with Gasteiger partial charge in [-0.1, -0.05) is 62.8 Å². The molecule has 5 heteroatoms. The summed E-state index contributed by atoms with van der Waals surface area (Å²) in [6, 6.07) is 17.0. The predicted molar refractivity (Wildman–Crippen MR) is 174 cm³/mol. The Kier molecular flexibility index (Phi) is 7.44. The normalized spacial score (nSPS) is 34.8. The largest absolute Gasteiger partial charge is 0.461 e. The number of esters is 1. The molecule has 0 bridgehead atoms. The molecule has 2 aromatic rings. The quantitative estimate of drug-likeness (QED) is 0.268. The van der Waals surface area contributed by atoms with E-state index in [1.807, 2.05) is 56.3 Å². The van der Waals surface area contributed by atoms with E-state index in [9.17, 15) is 20.0 Å². The van der Waals surface area contributed by atoms with Crippen LogP contribution in [-0.2, 0) is 20.7 Å². The average Bonchev–Trinajstić information content (AvgIpc) is 3.28. The first-order valence-corrected chi connectivity index (χ1v) is 17.0.